The van der Waals surface area contributed by atoms with Crippen LogP contribution in [0, 0.1) is 5.82 Å². The van der Waals surface area contributed by atoms with Gasteiger partial charge in [-0.3, -0.25) is 4.79 Å². The van der Waals surface area contributed by atoms with Crippen molar-refractivity contribution < 1.29 is 4.39 Å². The molecule has 2 aliphatic rings. The molecule has 4 heterocycles. The zero-order valence-corrected chi connectivity index (χ0v) is 16.6. The molecule has 5 rings (SSSR count). The minimum atomic E-state index is -0.809. The summed E-state index contributed by atoms with van der Waals surface area (Å²) in [4.78, 5) is 30.2. The molecule has 30 heavy (non-hydrogen) atoms. The fourth-order valence-electron chi connectivity index (χ4n) is 4.33. The van der Waals surface area contributed by atoms with Gasteiger partial charge in [0.1, 0.15) is 11.5 Å². The van der Waals surface area contributed by atoms with E-state index in [-0.39, 0.29) is 5.92 Å². The Morgan fingerprint density at radius 3 is 2.67 bits per heavy atom. The van der Waals surface area contributed by atoms with Crippen LogP contribution in [0.2, 0.25) is 0 Å². The molecule has 3 aromatic heterocycles. The van der Waals surface area contributed by atoms with Gasteiger partial charge >= 0.3 is 0 Å². The van der Waals surface area contributed by atoms with Crippen molar-refractivity contribution in [1.82, 2.24) is 25.3 Å². The predicted octanol–water partition coefficient (Wildman–Crippen LogP) is 2.66. The second kappa shape index (κ2) is 7.98. The molecule has 0 aromatic carbocycles. The first kappa shape index (κ1) is 18.9. The molecule has 0 amide bonds. The molecule has 8 nitrogen and oxygen atoms in total. The predicted molar refractivity (Wildman–Crippen MR) is 114 cm³/mol. The molecule has 3 aromatic rings. The Balaban J connectivity index is 1.46. The molecule has 2 fully saturated rings. The number of hydrogen-bond acceptors (Lipinski definition) is 7. The number of aromatic amines is 1. The van der Waals surface area contributed by atoms with Crippen molar-refractivity contribution in [3.8, 4) is 0 Å². The smallest absolute Gasteiger partial charge is 0.285 e. The standard InChI is InChI=1S/C21H24FN7O/c22-16-11-15-18(13-3-1-2-4-13)26-21(28-19(15)27-20(16)30)25-17-6-5-14(12-24-17)29-9-7-23-8-10-29/h5-6,11-13,23H,1-4,7-10H2,(H2,24,25,26,27,28,30). The van der Waals surface area contributed by atoms with Crippen molar-refractivity contribution >= 4 is 28.5 Å². The van der Waals surface area contributed by atoms with Gasteiger partial charge in [-0.1, -0.05) is 12.8 Å². The average Bonchev–Trinajstić information content (AvgIpc) is 3.30. The highest BCUT2D eigenvalue weighted by Gasteiger charge is 2.23. The molecule has 0 radical (unpaired) electrons. The molecule has 0 bridgehead atoms. The maximum Gasteiger partial charge on any atom is 0.285 e. The van der Waals surface area contributed by atoms with Crippen molar-refractivity contribution in [3.05, 3.63) is 46.3 Å². The van der Waals surface area contributed by atoms with E-state index in [4.69, 9.17) is 4.98 Å². The molecule has 1 saturated carbocycles. The van der Waals surface area contributed by atoms with E-state index in [1.807, 2.05) is 18.3 Å². The number of anilines is 3. The van der Waals surface area contributed by atoms with E-state index in [0.717, 1.165) is 63.2 Å². The van der Waals surface area contributed by atoms with Gasteiger partial charge in [0.25, 0.3) is 5.56 Å². The molecule has 1 aliphatic heterocycles. The average molecular weight is 409 g/mol. The molecule has 1 aliphatic carbocycles. The molecular formula is C21H24FN7O. The molecule has 9 heteroatoms. The number of pyridine rings is 2. The SMILES string of the molecule is O=c1[nH]c2nc(Nc3ccc(N4CCNCC4)cn3)nc(C3CCCC3)c2cc1F. The van der Waals surface area contributed by atoms with Gasteiger partial charge in [0.2, 0.25) is 5.95 Å². The largest absolute Gasteiger partial charge is 0.368 e. The quantitative estimate of drug-likeness (QED) is 0.609. The summed E-state index contributed by atoms with van der Waals surface area (Å²) >= 11 is 0. The number of halogens is 1. The van der Waals surface area contributed by atoms with E-state index in [0.29, 0.717) is 22.8 Å². The van der Waals surface area contributed by atoms with Crippen LogP contribution in [0.5, 0.6) is 0 Å². The number of piperazine rings is 1. The van der Waals surface area contributed by atoms with Gasteiger partial charge in [-0.2, -0.15) is 4.98 Å². The van der Waals surface area contributed by atoms with Crippen molar-refractivity contribution in [2.24, 2.45) is 0 Å². The second-order valence-electron chi connectivity index (χ2n) is 7.89. The van der Waals surface area contributed by atoms with Crippen LogP contribution in [0.4, 0.5) is 21.8 Å². The molecule has 0 spiro atoms. The fraction of sp³-hybridized carbons (Fsp3) is 0.429. The van der Waals surface area contributed by atoms with E-state index in [1.165, 1.54) is 6.07 Å². The number of fused-ring (bicyclic) bond motifs is 1. The normalized spacial score (nSPS) is 17.6. The van der Waals surface area contributed by atoms with E-state index in [9.17, 15) is 9.18 Å². The van der Waals surface area contributed by atoms with Crippen LogP contribution in [-0.2, 0) is 0 Å². The first-order valence-electron chi connectivity index (χ1n) is 10.5. The van der Waals surface area contributed by atoms with Crippen molar-refractivity contribution in [2.75, 3.05) is 36.4 Å². The number of nitrogens with zero attached hydrogens (tertiary/aromatic N) is 4. The Morgan fingerprint density at radius 2 is 1.93 bits per heavy atom. The number of aromatic nitrogens is 4. The van der Waals surface area contributed by atoms with E-state index < -0.39 is 11.4 Å². The summed E-state index contributed by atoms with van der Waals surface area (Å²) in [5.74, 6) is 0.407. The molecule has 3 N–H and O–H groups in total. The number of rotatable bonds is 4. The Kier molecular flexibility index (Phi) is 5.04. The summed E-state index contributed by atoms with van der Waals surface area (Å²) in [6.45, 7) is 3.84. The number of nitrogens with one attached hydrogen (secondary N) is 3. The molecular weight excluding hydrogens is 385 g/mol. The maximum absolute atomic E-state index is 13.9. The van der Waals surface area contributed by atoms with Crippen LogP contribution in [0.25, 0.3) is 11.0 Å². The lowest BCUT2D eigenvalue weighted by Crippen LogP contribution is -2.43. The third-order valence-electron chi connectivity index (χ3n) is 5.91. The Morgan fingerprint density at radius 1 is 1.13 bits per heavy atom. The lowest BCUT2D eigenvalue weighted by atomic mass is 10.0. The Labute approximate surface area is 173 Å². The highest BCUT2D eigenvalue weighted by atomic mass is 19.1. The van der Waals surface area contributed by atoms with E-state index >= 15 is 0 Å². The Hall–Kier alpha value is -3.07. The van der Waals surface area contributed by atoms with Crippen LogP contribution in [-0.4, -0.2) is 46.1 Å². The number of H-pyrrole nitrogens is 1. The summed E-state index contributed by atoms with van der Waals surface area (Å²) in [7, 11) is 0. The van der Waals surface area contributed by atoms with Crippen LogP contribution in [0.1, 0.15) is 37.3 Å². The van der Waals surface area contributed by atoms with Crippen molar-refractivity contribution in [1.29, 1.82) is 0 Å². The zero-order valence-electron chi connectivity index (χ0n) is 16.6. The highest BCUT2D eigenvalue weighted by Crippen LogP contribution is 2.36. The van der Waals surface area contributed by atoms with Gasteiger partial charge in [-0.05, 0) is 31.0 Å². The van der Waals surface area contributed by atoms with Crippen molar-refractivity contribution in [2.45, 2.75) is 31.6 Å². The van der Waals surface area contributed by atoms with Crippen LogP contribution >= 0.6 is 0 Å². The zero-order chi connectivity index (χ0) is 20.5. The maximum atomic E-state index is 13.9. The van der Waals surface area contributed by atoms with Gasteiger partial charge in [0, 0.05) is 37.5 Å². The fourth-order valence-corrected chi connectivity index (χ4v) is 4.33. The van der Waals surface area contributed by atoms with E-state index in [2.05, 4.69) is 30.5 Å². The van der Waals surface area contributed by atoms with Gasteiger partial charge in [0.15, 0.2) is 5.82 Å². The van der Waals surface area contributed by atoms with Crippen LogP contribution < -0.4 is 21.1 Å². The topological polar surface area (TPSA) is 98.8 Å². The first-order chi connectivity index (χ1) is 14.7. The summed E-state index contributed by atoms with van der Waals surface area (Å²) in [5, 5.41) is 7.06. The van der Waals surface area contributed by atoms with Crippen LogP contribution in [0.15, 0.2) is 29.2 Å². The first-order valence-corrected chi connectivity index (χ1v) is 10.5. The van der Waals surface area contributed by atoms with Gasteiger partial charge in [0.05, 0.1) is 17.6 Å². The molecule has 1 saturated heterocycles. The number of hydrogen-bond donors (Lipinski definition) is 3. The third-order valence-corrected chi connectivity index (χ3v) is 5.91. The molecule has 0 atom stereocenters. The van der Waals surface area contributed by atoms with Gasteiger partial charge < -0.3 is 20.5 Å². The van der Waals surface area contributed by atoms with Crippen molar-refractivity contribution in [3.63, 3.8) is 0 Å². The summed E-state index contributed by atoms with van der Waals surface area (Å²) in [6.07, 6.45) is 6.09. The minimum Gasteiger partial charge on any atom is -0.368 e. The van der Waals surface area contributed by atoms with Gasteiger partial charge in [-0.15, -0.1) is 0 Å². The molecule has 156 valence electrons. The lowest BCUT2D eigenvalue weighted by Gasteiger charge is -2.29. The van der Waals surface area contributed by atoms with Crippen LogP contribution in [0.3, 0.4) is 0 Å². The van der Waals surface area contributed by atoms with E-state index in [1.54, 1.807) is 0 Å². The molecule has 0 unspecified atom stereocenters. The monoisotopic (exact) mass is 409 g/mol. The summed E-state index contributed by atoms with van der Waals surface area (Å²) in [5.41, 5.74) is 1.43. The Bertz CT molecular complexity index is 1100. The summed E-state index contributed by atoms with van der Waals surface area (Å²) < 4.78 is 13.9. The highest BCUT2D eigenvalue weighted by molar-refractivity contribution is 5.79. The minimum absolute atomic E-state index is 0.240. The summed E-state index contributed by atoms with van der Waals surface area (Å²) in [6, 6.07) is 5.18. The van der Waals surface area contributed by atoms with Gasteiger partial charge in [-0.25, -0.2) is 14.4 Å². The lowest BCUT2D eigenvalue weighted by molar-refractivity contribution is 0.589. The third kappa shape index (κ3) is 3.72. The second-order valence-corrected chi connectivity index (χ2v) is 7.89.